The van der Waals surface area contributed by atoms with Crippen LogP contribution in [0.3, 0.4) is 0 Å². The molecular formula is C17H15F2N5O2. The highest BCUT2D eigenvalue weighted by Crippen LogP contribution is 2.13. The van der Waals surface area contributed by atoms with Crippen molar-refractivity contribution in [2.24, 2.45) is 0 Å². The van der Waals surface area contributed by atoms with E-state index in [9.17, 15) is 13.6 Å². The van der Waals surface area contributed by atoms with Gasteiger partial charge >= 0.3 is 0 Å². The summed E-state index contributed by atoms with van der Waals surface area (Å²) < 4.78 is 33.2. The Balaban J connectivity index is 1.64. The molecule has 2 aromatic carbocycles. The van der Waals surface area contributed by atoms with E-state index in [-0.39, 0.29) is 24.0 Å². The number of amides is 1. The van der Waals surface area contributed by atoms with Gasteiger partial charge in [0.05, 0.1) is 12.2 Å². The molecule has 3 rings (SSSR count). The molecular weight excluding hydrogens is 344 g/mol. The average Bonchev–Trinajstić information content (AvgIpc) is 3.11. The predicted octanol–water partition coefficient (Wildman–Crippen LogP) is 2.02. The number of ether oxygens (including phenoxy) is 1. The van der Waals surface area contributed by atoms with Crippen LogP contribution in [0.1, 0.15) is 12.7 Å². The Morgan fingerprint density at radius 1 is 1.19 bits per heavy atom. The Hall–Kier alpha value is -3.36. The van der Waals surface area contributed by atoms with E-state index in [4.69, 9.17) is 4.74 Å². The van der Waals surface area contributed by atoms with Crippen molar-refractivity contribution in [1.29, 1.82) is 0 Å². The first kappa shape index (κ1) is 17.5. The minimum Gasteiger partial charge on any atom is -0.481 e. The highest BCUT2D eigenvalue weighted by Gasteiger charge is 2.17. The summed E-state index contributed by atoms with van der Waals surface area (Å²) in [5.41, 5.74) is 0.242. The van der Waals surface area contributed by atoms with Gasteiger partial charge in [0.25, 0.3) is 5.91 Å². The summed E-state index contributed by atoms with van der Waals surface area (Å²) in [4.78, 5) is 12.2. The number of nitrogens with zero attached hydrogens (tertiary/aromatic N) is 4. The molecule has 3 aromatic rings. The second-order valence-corrected chi connectivity index (χ2v) is 5.40. The van der Waals surface area contributed by atoms with Crippen LogP contribution in [0.5, 0.6) is 5.75 Å². The Morgan fingerprint density at radius 3 is 2.69 bits per heavy atom. The van der Waals surface area contributed by atoms with Gasteiger partial charge in [-0.05, 0) is 41.6 Å². The van der Waals surface area contributed by atoms with Crippen LogP contribution in [0.25, 0.3) is 5.69 Å². The molecule has 0 spiro atoms. The molecule has 1 heterocycles. The molecule has 26 heavy (non-hydrogen) atoms. The van der Waals surface area contributed by atoms with Gasteiger partial charge in [-0.15, -0.1) is 5.10 Å². The summed E-state index contributed by atoms with van der Waals surface area (Å²) in [7, 11) is 0. The third kappa shape index (κ3) is 4.00. The maximum atomic E-state index is 13.4. The molecule has 0 bridgehead atoms. The van der Waals surface area contributed by atoms with E-state index >= 15 is 0 Å². The molecule has 134 valence electrons. The lowest BCUT2D eigenvalue weighted by atomic mass is 10.3. The SMILES string of the molecule is C[C@@H](Oc1ccccc1)C(=O)NCc1nnnn1-c1ccc(F)c(F)c1. The van der Waals surface area contributed by atoms with Crippen molar-refractivity contribution >= 4 is 5.91 Å². The molecule has 0 aliphatic rings. The van der Waals surface area contributed by atoms with Crippen molar-refractivity contribution in [2.45, 2.75) is 19.6 Å². The molecule has 1 N–H and O–H groups in total. The molecule has 1 aromatic heterocycles. The molecule has 0 radical (unpaired) electrons. The van der Waals surface area contributed by atoms with Crippen molar-refractivity contribution in [2.75, 3.05) is 0 Å². The van der Waals surface area contributed by atoms with E-state index in [1.807, 2.05) is 6.07 Å². The number of tetrazole rings is 1. The van der Waals surface area contributed by atoms with Crippen molar-refractivity contribution in [3.63, 3.8) is 0 Å². The fourth-order valence-electron chi connectivity index (χ4n) is 2.20. The fraction of sp³-hybridized carbons (Fsp3) is 0.176. The molecule has 0 fully saturated rings. The van der Waals surface area contributed by atoms with Gasteiger partial charge in [0.1, 0.15) is 5.75 Å². The number of hydrogen-bond acceptors (Lipinski definition) is 5. The number of benzene rings is 2. The summed E-state index contributed by atoms with van der Waals surface area (Å²) in [5, 5.41) is 13.7. The fourth-order valence-corrected chi connectivity index (χ4v) is 2.20. The van der Waals surface area contributed by atoms with Crippen molar-refractivity contribution in [1.82, 2.24) is 25.5 Å². The first-order valence-electron chi connectivity index (χ1n) is 7.76. The smallest absolute Gasteiger partial charge is 0.261 e. The van der Waals surface area contributed by atoms with Crippen molar-refractivity contribution in [3.8, 4) is 11.4 Å². The zero-order chi connectivity index (χ0) is 18.5. The Morgan fingerprint density at radius 2 is 1.96 bits per heavy atom. The molecule has 0 unspecified atom stereocenters. The topological polar surface area (TPSA) is 81.9 Å². The third-order valence-electron chi connectivity index (χ3n) is 3.53. The number of carbonyl (C=O) groups is 1. The zero-order valence-electron chi connectivity index (χ0n) is 13.8. The third-order valence-corrected chi connectivity index (χ3v) is 3.53. The summed E-state index contributed by atoms with van der Waals surface area (Å²) in [5.74, 6) is -1.52. The van der Waals surface area contributed by atoms with E-state index in [1.54, 1.807) is 31.2 Å². The van der Waals surface area contributed by atoms with Crippen LogP contribution in [0.2, 0.25) is 0 Å². The summed E-state index contributed by atoms with van der Waals surface area (Å²) in [6.07, 6.45) is -0.731. The van der Waals surface area contributed by atoms with Crippen LogP contribution >= 0.6 is 0 Å². The van der Waals surface area contributed by atoms with E-state index < -0.39 is 17.7 Å². The number of hydrogen-bond donors (Lipinski definition) is 1. The average molecular weight is 359 g/mol. The highest BCUT2D eigenvalue weighted by molar-refractivity contribution is 5.80. The molecule has 9 heteroatoms. The predicted molar refractivity (Wildman–Crippen MR) is 87.4 cm³/mol. The summed E-state index contributed by atoms with van der Waals surface area (Å²) in [6, 6.07) is 12.2. The minimum absolute atomic E-state index is 0.00663. The van der Waals surface area contributed by atoms with Gasteiger partial charge in [0.2, 0.25) is 0 Å². The molecule has 0 saturated heterocycles. The lowest BCUT2D eigenvalue weighted by Crippen LogP contribution is -2.36. The Labute approximate surface area is 147 Å². The highest BCUT2D eigenvalue weighted by atomic mass is 19.2. The largest absolute Gasteiger partial charge is 0.481 e. The van der Waals surface area contributed by atoms with E-state index in [1.165, 1.54) is 10.7 Å². The Kier molecular flexibility index (Phi) is 5.16. The lowest BCUT2D eigenvalue weighted by Gasteiger charge is -2.14. The van der Waals surface area contributed by atoms with E-state index in [0.717, 1.165) is 12.1 Å². The number of halogens is 2. The quantitative estimate of drug-likeness (QED) is 0.728. The van der Waals surface area contributed by atoms with Gasteiger partial charge in [-0.1, -0.05) is 18.2 Å². The van der Waals surface area contributed by atoms with Crippen LogP contribution in [0.4, 0.5) is 8.78 Å². The second-order valence-electron chi connectivity index (χ2n) is 5.40. The maximum absolute atomic E-state index is 13.4. The summed E-state index contributed by atoms with van der Waals surface area (Å²) >= 11 is 0. The normalized spacial score (nSPS) is 11.8. The van der Waals surface area contributed by atoms with Gasteiger partial charge in [0.15, 0.2) is 23.6 Å². The number of nitrogens with one attached hydrogen (secondary N) is 1. The maximum Gasteiger partial charge on any atom is 0.261 e. The Bertz CT molecular complexity index is 901. The first-order valence-corrected chi connectivity index (χ1v) is 7.76. The molecule has 1 amide bonds. The molecule has 0 saturated carbocycles. The van der Waals surface area contributed by atoms with Crippen LogP contribution in [0, 0.1) is 11.6 Å². The van der Waals surface area contributed by atoms with Crippen LogP contribution in [-0.2, 0) is 11.3 Å². The van der Waals surface area contributed by atoms with Gasteiger partial charge in [-0.2, -0.15) is 4.68 Å². The zero-order valence-corrected chi connectivity index (χ0v) is 13.8. The van der Waals surface area contributed by atoms with E-state index in [2.05, 4.69) is 20.8 Å². The second kappa shape index (κ2) is 7.68. The van der Waals surface area contributed by atoms with Crippen molar-refractivity contribution < 1.29 is 18.3 Å². The number of para-hydroxylation sites is 1. The monoisotopic (exact) mass is 359 g/mol. The van der Waals surface area contributed by atoms with Crippen molar-refractivity contribution in [3.05, 3.63) is 66.0 Å². The van der Waals surface area contributed by atoms with Gasteiger partial charge in [-0.25, -0.2) is 8.78 Å². The molecule has 0 aliphatic carbocycles. The summed E-state index contributed by atoms with van der Waals surface area (Å²) in [6.45, 7) is 1.61. The van der Waals surface area contributed by atoms with Gasteiger partial charge in [-0.3, -0.25) is 4.79 Å². The number of aromatic nitrogens is 4. The van der Waals surface area contributed by atoms with Gasteiger partial charge in [0, 0.05) is 6.07 Å². The standard InChI is InChI=1S/C17H15F2N5O2/c1-11(26-13-5-3-2-4-6-13)17(25)20-10-16-21-22-23-24(16)12-7-8-14(18)15(19)9-12/h2-9,11H,10H2,1H3,(H,20,25)/t11-/m1/s1. The number of carbonyl (C=O) groups excluding carboxylic acids is 1. The minimum atomic E-state index is -1.02. The van der Waals surface area contributed by atoms with E-state index in [0.29, 0.717) is 5.75 Å². The number of rotatable bonds is 6. The first-order chi connectivity index (χ1) is 12.5. The van der Waals surface area contributed by atoms with Crippen LogP contribution < -0.4 is 10.1 Å². The van der Waals surface area contributed by atoms with Crippen LogP contribution in [0.15, 0.2) is 48.5 Å². The van der Waals surface area contributed by atoms with Crippen LogP contribution in [-0.4, -0.2) is 32.2 Å². The molecule has 0 aliphatic heterocycles. The van der Waals surface area contributed by atoms with Gasteiger partial charge < -0.3 is 10.1 Å². The lowest BCUT2D eigenvalue weighted by molar-refractivity contribution is -0.127. The molecule has 1 atom stereocenters. The molecule has 7 nitrogen and oxygen atoms in total.